The van der Waals surface area contributed by atoms with Crippen molar-refractivity contribution in [3.63, 3.8) is 0 Å². The fourth-order valence-electron chi connectivity index (χ4n) is 2.39. The van der Waals surface area contributed by atoms with Crippen LogP contribution in [0.5, 0.6) is 5.88 Å². The predicted octanol–water partition coefficient (Wildman–Crippen LogP) is 2.42. The van der Waals surface area contributed by atoms with Crippen LogP contribution >= 0.6 is 22.9 Å². The van der Waals surface area contributed by atoms with Crippen molar-refractivity contribution in [3.05, 3.63) is 57.0 Å². The number of rotatable bonds is 6. The minimum absolute atomic E-state index is 0.136. The van der Waals surface area contributed by atoms with Gasteiger partial charge in [0.15, 0.2) is 0 Å². The van der Waals surface area contributed by atoms with E-state index in [4.69, 9.17) is 17.3 Å². The van der Waals surface area contributed by atoms with Crippen molar-refractivity contribution in [2.75, 3.05) is 6.61 Å². The van der Waals surface area contributed by atoms with Gasteiger partial charge in [0.25, 0.3) is 5.91 Å². The third-order valence-electron chi connectivity index (χ3n) is 3.75. The summed E-state index contributed by atoms with van der Waals surface area (Å²) in [5.41, 5.74) is 7.51. The van der Waals surface area contributed by atoms with Crippen molar-refractivity contribution in [1.29, 1.82) is 0 Å². The average molecular weight is 393 g/mol. The fourth-order valence-corrected chi connectivity index (χ4v) is 3.40. The van der Waals surface area contributed by atoms with Gasteiger partial charge >= 0.3 is 0 Å². The van der Waals surface area contributed by atoms with Crippen molar-refractivity contribution >= 4 is 28.8 Å². The molecule has 0 saturated carbocycles. The van der Waals surface area contributed by atoms with Crippen LogP contribution in [0.2, 0.25) is 5.02 Å². The number of benzene rings is 1. The van der Waals surface area contributed by atoms with Crippen molar-refractivity contribution < 1.29 is 15.0 Å². The molecule has 6 N–H and O–H groups in total. The monoisotopic (exact) mass is 392 g/mol. The number of hydrogen-bond acceptors (Lipinski definition) is 6. The van der Waals surface area contributed by atoms with Gasteiger partial charge in [0.1, 0.15) is 16.7 Å². The molecule has 0 spiro atoms. The van der Waals surface area contributed by atoms with Gasteiger partial charge in [-0.15, -0.1) is 11.3 Å². The van der Waals surface area contributed by atoms with Gasteiger partial charge in [0.05, 0.1) is 11.5 Å². The molecule has 2 aromatic heterocycles. The summed E-state index contributed by atoms with van der Waals surface area (Å²) in [6.45, 7) is -0.218. The van der Waals surface area contributed by atoms with Crippen LogP contribution in [0.1, 0.15) is 26.4 Å². The van der Waals surface area contributed by atoms with E-state index in [2.05, 4.69) is 15.3 Å². The molecule has 9 heteroatoms. The maximum atomic E-state index is 12.5. The molecule has 0 radical (unpaired) electrons. The molecule has 0 aliphatic rings. The first-order valence-electron chi connectivity index (χ1n) is 7.77. The van der Waals surface area contributed by atoms with Crippen LogP contribution in [0.25, 0.3) is 11.3 Å². The highest BCUT2D eigenvalue weighted by atomic mass is 35.5. The molecule has 136 valence electrons. The molecule has 3 rings (SSSR count). The van der Waals surface area contributed by atoms with Crippen LogP contribution < -0.4 is 11.1 Å². The van der Waals surface area contributed by atoms with E-state index < -0.39 is 11.9 Å². The van der Waals surface area contributed by atoms with Crippen molar-refractivity contribution in [3.8, 4) is 17.1 Å². The molecule has 3 aromatic rings. The Morgan fingerprint density at radius 1 is 1.31 bits per heavy atom. The zero-order valence-corrected chi connectivity index (χ0v) is 15.1. The van der Waals surface area contributed by atoms with E-state index >= 15 is 0 Å². The highest BCUT2D eigenvalue weighted by Gasteiger charge is 2.21. The topological polar surface area (TPSA) is 124 Å². The van der Waals surface area contributed by atoms with Gasteiger partial charge in [-0.05, 0) is 29.8 Å². The van der Waals surface area contributed by atoms with Crippen LogP contribution in [0.4, 0.5) is 0 Å². The summed E-state index contributed by atoms with van der Waals surface area (Å²) in [5.74, 6) is -0.571. The van der Waals surface area contributed by atoms with Gasteiger partial charge in [0, 0.05) is 17.3 Å². The molecule has 0 aliphatic heterocycles. The Labute approximate surface area is 158 Å². The number of amides is 1. The Hall–Kier alpha value is -2.39. The summed E-state index contributed by atoms with van der Waals surface area (Å²) in [6, 6.07) is 9.93. The number of nitrogens with zero attached hydrogens (tertiary/aromatic N) is 1. The lowest BCUT2D eigenvalue weighted by atomic mass is 10.2. The number of aromatic amines is 1. The van der Waals surface area contributed by atoms with E-state index in [0.717, 1.165) is 22.6 Å². The maximum absolute atomic E-state index is 12.5. The van der Waals surface area contributed by atoms with Crippen molar-refractivity contribution in [1.82, 2.24) is 15.3 Å². The number of carbonyl (C=O) groups is 1. The predicted molar refractivity (Wildman–Crippen MR) is 100 cm³/mol. The molecule has 1 aromatic carbocycles. The molecule has 0 bridgehead atoms. The van der Waals surface area contributed by atoms with Gasteiger partial charge in [0.2, 0.25) is 5.88 Å². The summed E-state index contributed by atoms with van der Waals surface area (Å²) in [6.07, 6.45) is 0. The molecule has 2 heterocycles. The van der Waals surface area contributed by atoms with Crippen LogP contribution in [0.15, 0.2) is 36.4 Å². The number of aromatic nitrogens is 2. The van der Waals surface area contributed by atoms with Crippen LogP contribution in [-0.4, -0.2) is 32.7 Å². The van der Waals surface area contributed by atoms with E-state index in [-0.39, 0.29) is 19.0 Å². The van der Waals surface area contributed by atoms with E-state index in [1.54, 1.807) is 24.3 Å². The summed E-state index contributed by atoms with van der Waals surface area (Å²) in [7, 11) is 0. The molecule has 1 amide bonds. The van der Waals surface area contributed by atoms with Gasteiger partial charge in [-0.25, -0.2) is 4.98 Å². The normalized spacial score (nSPS) is 12.1. The van der Waals surface area contributed by atoms with Crippen LogP contribution in [0, 0.1) is 0 Å². The zero-order valence-electron chi connectivity index (χ0n) is 13.6. The minimum atomic E-state index is -0.735. The summed E-state index contributed by atoms with van der Waals surface area (Å²) < 4.78 is 0. The third kappa shape index (κ3) is 3.88. The molecule has 0 aliphatic carbocycles. The molecule has 1 unspecified atom stereocenters. The highest BCUT2D eigenvalue weighted by molar-refractivity contribution is 7.12. The number of aliphatic hydroxyl groups is 1. The van der Waals surface area contributed by atoms with Crippen LogP contribution in [-0.2, 0) is 6.54 Å². The Kier molecular flexibility index (Phi) is 5.58. The molecular weight excluding hydrogens is 376 g/mol. The van der Waals surface area contributed by atoms with E-state index in [9.17, 15) is 15.0 Å². The number of hydrogen-bond donors (Lipinski definition) is 5. The van der Waals surface area contributed by atoms with Crippen molar-refractivity contribution in [2.45, 2.75) is 12.6 Å². The maximum Gasteiger partial charge on any atom is 0.268 e. The molecular formula is C17H17ClN4O3S. The number of aromatic hydroxyl groups is 1. The first-order chi connectivity index (χ1) is 12.5. The van der Waals surface area contributed by atoms with E-state index in [0.29, 0.717) is 20.6 Å². The van der Waals surface area contributed by atoms with Gasteiger partial charge in [-0.1, -0.05) is 23.7 Å². The lowest BCUT2D eigenvalue weighted by molar-refractivity contribution is 0.0911. The molecule has 1 atom stereocenters. The highest BCUT2D eigenvalue weighted by Crippen LogP contribution is 2.28. The summed E-state index contributed by atoms with van der Waals surface area (Å²) in [4.78, 5) is 20.0. The molecule has 0 fully saturated rings. The second kappa shape index (κ2) is 7.88. The van der Waals surface area contributed by atoms with E-state index in [1.165, 1.54) is 0 Å². The molecule has 7 nitrogen and oxygen atoms in total. The standard InChI is InChI=1S/C17H17ClN4O3S/c18-10-3-1-9(2-4-10)11-5-6-12(20-11)15(24)21-13(8-23)17-22-16(25)14(7-19)26-17/h1-6,13,20,23,25H,7-8,19H2,(H,21,24). The number of nitrogens with two attached hydrogens (primary N) is 1. The Balaban J connectivity index is 1.75. The lowest BCUT2D eigenvalue weighted by Crippen LogP contribution is -2.30. The SMILES string of the molecule is NCc1sc(C(CO)NC(=O)c2ccc(-c3ccc(Cl)cc3)[nH]2)nc1O. The molecule has 0 saturated heterocycles. The van der Waals surface area contributed by atoms with Gasteiger partial charge in [-0.3, -0.25) is 4.79 Å². The lowest BCUT2D eigenvalue weighted by Gasteiger charge is -2.12. The molecule has 26 heavy (non-hydrogen) atoms. The Morgan fingerprint density at radius 3 is 2.65 bits per heavy atom. The zero-order chi connectivity index (χ0) is 18.7. The largest absolute Gasteiger partial charge is 0.492 e. The quantitative estimate of drug-likeness (QED) is 0.440. The first-order valence-corrected chi connectivity index (χ1v) is 8.96. The Morgan fingerprint density at radius 2 is 2.04 bits per heavy atom. The number of nitrogens with one attached hydrogen (secondary N) is 2. The summed E-state index contributed by atoms with van der Waals surface area (Å²) in [5, 5.41) is 23.0. The minimum Gasteiger partial charge on any atom is -0.492 e. The van der Waals surface area contributed by atoms with Gasteiger partial charge < -0.3 is 26.2 Å². The Bertz CT molecular complexity index is 907. The second-order valence-electron chi connectivity index (χ2n) is 5.50. The van der Waals surface area contributed by atoms with Gasteiger partial charge in [-0.2, -0.15) is 0 Å². The smallest absolute Gasteiger partial charge is 0.268 e. The first kappa shape index (κ1) is 18.4. The number of aliphatic hydroxyl groups excluding tert-OH is 1. The van der Waals surface area contributed by atoms with E-state index in [1.807, 2.05) is 12.1 Å². The third-order valence-corrected chi connectivity index (χ3v) is 5.18. The number of halogens is 1. The summed E-state index contributed by atoms with van der Waals surface area (Å²) >= 11 is 7.03. The fraction of sp³-hybridized carbons (Fsp3) is 0.176. The number of carbonyl (C=O) groups excluding carboxylic acids is 1. The van der Waals surface area contributed by atoms with Crippen molar-refractivity contribution in [2.24, 2.45) is 5.73 Å². The van der Waals surface area contributed by atoms with Crippen LogP contribution in [0.3, 0.4) is 0 Å². The average Bonchev–Trinajstić information content (AvgIpc) is 3.27. The number of H-pyrrole nitrogens is 1. The second-order valence-corrected chi connectivity index (χ2v) is 7.06. The number of thiazole rings is 1.